The van der Waals surface area contributed by atoms with Crippen LogP contribution in [-0.4, -0.2) is 19.9 Å². The van der Waals surface area contributed by atoms with Crippen LogP contribution in [0.4, 0.5) is 0 Å². The number of fused-ring (bicyclic) bond motifs is 6. The molecule has 0 radical (unpaired) electrons. The summed E-state index contributed by atoms with van der Waals surface area (Å²) < 4.78 is 6.19. The largest absolute Gasteiger partial charge is 0.454 e. The van der Waals surface area contributed by atoms with Crippen LogP contribution in [0.25, 0.3) is 99.5 Å². The fourth-order valence-electron chi connectivity index (χ4n) is 7.06. The van der Waals surface area contributed by atoms with Gasteiger partial charge in [0, 0.05) is 33.7 Å². The van der Waals surface area contributed by atoms with E-state index in [2.05, 4.69) is 132 Å². The van der Waals surface area contributed by atoms with Gasteiger partial charge in [0.05, 0.1) is 6.20 Å². The third-order valence-corrected chi connectivity index (χ3v) is 9.40. The minimum atomic E-state index is 0.627. The first kappa shape index (κ1) is 27.4. The van der Waals surface area contributed by atoms with Gasteiger partial charge in [0.1, 0.15) is 5.58 Å². The zero-order valence-electron chi connectivity index (χ0n) is 26.2. The highest BCUT2D eigenvalue weighted by Gasteiger charge is 2.18. The number of rotatable bonds is 4. The van der Waals surface area contributed by atoms with Crippen LogP contribution >= 0.6 is 0 Å². The molecule has 0 saturated heterocycles. The fourth-order valence-corrected chi connectivity index (χ4v) is 7.06. The Morgan fingerprint density at radius 1 is 0.388 bits per heavy atom. The van der Waals surface area contributed by atoms with Gasteiger partial charge in [-0.1, -0.05) is 121 Å². The van der Waals surface area contributed by atoms with Crippen LogP contribution in [0, 0.1) is 0 Å². The Hall–Kier alpha value is -6.72. The highest BCUT2D eigenvalue weighted by atomic mass is 16.3. The fraction of sp³-hybridized carbons (Fsp3) is 0. The van der Waals surface area contributed by atoms with Crippen molar-refractivity contribution in [2.75, 3.05) is 0 Å². The highest BCUT2D eigenvalue weighted by molar-refractivity contribution is 6.16. The molecule has 0 atom stereocenters. The molecular formula is C44H26N4O. The molecule has 0 aliphatic carbocycles. The molecule has 5 nitrogen and oxygen atoms in total. The number of benzene rings is 7. The van der Waals surface area contributed by atoms with E-state index >= 15 is 0 Å². The summed E-state index contributed by atoms with van der Waals surface area (Å²) in [6.45, 7) is 0. The van der Waals surface area contributed by atoms with E-state index in [1.54, 1.807) is 6.20 Å². The standard InChI is InChI=1S/C44H26N4O/c1-3-10-29-24-31(20-18-27(29)8-1)42-46-43(32-21-19-28-9-2-4-11-30(28)25-32)48-44(47-42)37-16-6-12-33-34(13-5-14-35(33)37)36-15-7-17-39-41(36)38-22-23-45-26-40(38)49-39/h1-26H. The maximum absolute atomic E-state index is 6.19. The van der Waals surface area contributed by atoms with Gasteiger partial charge in [-0.05, 0) is 67.7 Å². The van der Waals surface area contributed by atoms with Crippen LogP contribution in [0.2, 0.25) is 0 Å². The van der Waals surface area contributed by atoms with Crippen LogP contribution in [0.1, 0.15) is 0 Å². The number of pyridine rings is 1. The second-order valence-corrected chi connectivity index (χ2v) is 12.3. The molecule has 49 heavy (non-hydrogen) atoms. The smallest absolute Gasteiger partial charge is 0.164 e. The first-order chi connectivity index (χ1) is 24.3. The van der Waals surface area contributed by atoms with Crippen LogP contribution in [0.5, 0.6) is 0 Å². The van der Waals surface area contributed by atoms with Gasteiger partial charge in [0.2, 0.25) is 0 Å². The Morgan fingerprint density at radius 3 is 1.65 bits per heavy atom. The van der Waals surface area contributed by atoms with Gasteiger partial charge in [-0.2, -0.15) is 0 Å². The first-order valence-electron chi connectivity index (χ1n) is 16.3. The summed E-state index contributed by atoms with van der Waals surface area (Å²) in [7, 11) is 0. The molecule has 3 heterocycles. The molecule has 0 fully saturated rings. The zero-order valence-corrected chi connectivity index (χ0v) is 26.2. The average molecular weight is 627 g/mol. The van der Waals surface area contributed by atoms with Crippen molar-refractivity contribution in [2.45, 2.75) is 0 Å². The molecule has 0 aliphatic heterocycles. The van der Waals surface area contributed by atoms with Crippen molar-refractivity contribution in [1.82, 2.24) is 19.9 Å². The third kappa shape index (κ3) is 4.55. The SMILES string of the molecule is c1ccc2cc(-c3nc(-c4ccc5ccccc5c4)nc(-c4cccc5c(-c6cccc7oc8cnccc8c67)cccc45)n3)ccc2c1. The minimum Gasteiger partial charge on any atom is -0.454 e. The summed E-state index contributed by atoms with van der Waals surface area (Å²) in [5.74, 6) is 1.90. The van der Waals surface area contributed by atoms with Crippen molar-refractivity contribution in [2.24, 2.45) is 0 Å². The summed E-state index contributed by atoms with van der Waals surface area (Å²) >= 11 is 0. The number of hydrogen-bond acceptors (Lipinski definition) is 5. The van der Waals surface area contributed by atoms with E-state index in [9.17, 15) is 0 Å². The summed E-state index contributed by atoms with van der Waals surface area (Å²) in [5.41, 5.74) is 6.66. The Kier molecular flexibility index (Phi) is 6.11. The normalized spacial score (nSPS) is 11.7. The Bertz CT molecular complexity index is 2810. The van der Waals surface area contributed by atoms with Crippen LogP contribution < -0.4 is 0 Å². The van der Waals surface area contributed by atoms with Crippen LogP contribution in [0.3, 0.4) is 0 Å². The van der Waals surface area contributed by atoms with Crippen molar-refractivity contribution in [3.8, 4) is 45.3 Å². The lowest BCUT2D eigenvalue weighted by atomic mass is 9.93. The number of hydrogen-bond donors (Lipinski definition) is 0. The van der Waals surface area contributed by atoms with Crippen molar-refractivity contribution in [1.29, 1.82) is 0 Å². The molecule has 3 aromatic heterocycles. The predicted octanol–water partition coefficient (Wildman–Crippen LogP) is 11.3. The molecule has 10 aromatic rings. The number of aromatic nitrogens is 4. The lowest BCUT2D eigenvalue weighted by molar-refractivity contribution is 0.667. The average Bonchev–Trinajstić information content (AvgIpc) is 3.56. The summed E-state index contributed by atoms with van der Waals surface area (Å²) in [6, 6.07) is 50.5. The van der Waals surface area contributed by atoms with E-state index in [-0.39, 0.29) is 0 Å². The van der Waals surface area contributed by atoms with Gasteiger partial charge in [-0.25, -0.2) is 15.0 Å². The lowest BCUT2D eigenvalue weighted by Gasteiger charge is -2.13. The lowest BCUT2D eigenvalue weighted by Crippen LogP contribution is -2.01. The van der Waals surface area contributed by atoms with Gasteiger partial charge in [-0.3, -0.25) is 4.98 Å². The first-order valence-corrected chi connectivity index (χ1v) is 16.3. The van der Waals surface area contributed by atoms with E-state index in [0.717, 1.165) is 71.3 Å². The molecule has 10 rings (SSSR count). The van der Waals surface area contributed by atoms with Gasteiger partial charge < -0.3 is 4.42 Å². The van der Waals surface area contributed by atoms with Gasteiger partial charge in [-0.15, -0.1) is 0 Å². The van der Waals surface area contributed by atoms with Crippen LogP contribution in [-0.2, 0) is 0 Å². The molecule has 228 valence electrons. The quantitative estimate of drug-likeness (QED) is 0.194. The van der Waals surface area contributed by atoms with Gasteiger partial charge in [0.15, 0.2) is 23.1 Å². The van der Waals surface area contributed by atoms with Crippen molar-refractivity contribution < 1.29 is 4.42 Å². The zero-order chi connectivity index (χ0) is 32.3. The predicted molar refractivity (Wildman–Crippen MR) is 199 cm³/mol. The molecule has 7 aromatic carbocycles. The molecule has 0 spiro atoms. The molecule has 5 heteroatoms. The minimum absolute atomic E-state index is 0.627. The highest BCUT2D eigenvalue weighted by Crippen LogP contribution is 2.41. The third-order valence-electron chi connectivity index (χ3n) is 9.40. The summed E-state index contributed by atoms with van der Waals surface area (Å²) in [5, 5.41) is 8.92. The van der Waals surface area contributed by atoms with Gasteiger partial charge in [0.25, 0.3) is 0 Å². The molecule has 0 unspecified atom stereocenters. The molecular weight excluding hydrogens is 601 g/mol. The summed E-state index contributed by atoms with van der Waals surface area (Å²) in [6.07, 6.45) is 3.59. The van der Waals surface area contributed by atoms with E-state index in [1.165, 1.54) is 10.8 Å². The van der Waals surface area contributed by atoms with Crippen LogP contribution in [0.15, 0.2) is 162 Å². The number of nitrogens with zero attached hydrogens (tertiary/aromatic N) is 4. The Balaban J connectivity index is 1.20. The van der Waals surface area contributed by atoms with Crippen molar-refractivity contribution in [3.05, 3.63) is 158 Å². The van der Waals surface area contributed by atoms with E-state index < -0.39 is 0 Å². The van der Waals surface area contributed by atoms with E-state index in [1.807, 2.05) is 24.4 Å². The molecule has 0 N–H and O–H groups in total. The molecule has 0 bridgehead atoms. The number of furan rings is 1. The Morgan fingerprint density at radius 2 is 0.959 bits per heavy atom. The second-order valence-electron chi connectivity index (χ2n) is 12.3. The maximum Gasteiger partial charge on any atom is 0.164 e. The van der Waals surface area contributed by atoms with Crippen molar-refractivity contribution in [3.63, 3.8) is 0 Å². The Labute approximate surface area is 281 Å². The topological polar surface area (TPSA) is 64.7 Å². The molecule has 0 saturated carbocycles. The maximum atomic E-state index is 6.19. The van der Waals surface area contributed by atoms with E-state index in [4.69, 9.17) is 19.4 Å². The van der Waals surface area contributed by atoms with Gasteiger partial charge >= 0.3 is 0 Å². The monoisotopic (exact) mass is 626 g/mol. The summed E-state index contributed by atoms with van der Waals surface area (Å²) in [4.78, 5) is 19.7. The molecule has 0 aliphatic rings. The second kappa shape index (κ2) is 10.9. The molecule has 0 amide bonds. The van der Waals surface area contributed by atoms with Crippen molar-refractivity contribution >= 4 is 54.3 Å². The van der Waals surface area contributed by atoms with E-state index in [0.29, 0.717) is 17.5 Å².